The van der Waals surface area contributed by atoms with Crippen LogP contribution < -0.4 is 0 Å². The Hall–Kier alpha value is -1.88. The Bertz CT molecular complexity index is 774. The molecule has 0 aliphatic carbocycles. The fourth-order valence-electron chi connectivity index (χ4n) is 2.67. The predicted molar refractivity (Wildman–Crippen MR) is 80.5 cm³/mol. The summed E-state index contributed by atoms with van der Waals surface area (Å²) in [6.45, 7) is 0.177. The van der Waals surface area contributed by atoms with E-state index >= 15 is 0 Å². The smallest absolute Gasteiger partial charge is 0.310 e. The number of fused-ring (bicyclic) bond motifs is 1. The van der Waals surface area contributed by atoms with E-state index in [1.54, 1.807) is 0 Å². The second-order valence-corrected chi connectivity index (χ2v) is 7.57. The number of ether oxygens (including phenoxy) is 1. The lowest BCUT2D eigenvalue weighted by Crippen LogP contribution is -2.18. The third-order valence-corrected chi connectivity index (χ3v) is 5.58. The van der Waals surface area contributed by atoms with Crippen LogP contribution in [-0.2, 0) is 26.0 Å². The zero-order chi connectivity index (χ0) is 14.9. The highest BCUT2D eigenvalue weighted by Gasteiger charge is 2.34. The van der Waals surface area contributed by atoms with Crippen molar-refractivity contribution in [3.63, 3.8) is 0 Å². The molecule has 5 heteroatoms. The van der Waals surface area contributed by atoms with Gasteiger partial charge < -0.3 is 4.74 Å². The van der Waals surface area contributed by atoms with Gasteiger partial charge in [0.15, 0.2) is 9.84 Å². The van der Waals surface area contributed by atoms with Crippen LogP contribution in [0.1, 0.15) is 12.0 Å². The van der Waals surface area contributed by atoms with E-state index in [1.807, 2.05) is 42.5 Å². The molecule has 1 aliphatic heterocycles. The van der Waals surface area contributed by atoms with E-state index < -0.39 is 21.7 Å². The van der Waals surface area contributed by atoms with E-state index in [0.717, 1.165) is 16.3 Å². The molecule has 0 N–H and O–H groups in total. The molecule has 4 nitrogen and oxygen atoms in total. The Labute approximate surface area is 123 Å². The zero-order valence-corrected chi connectivity index (χ0v) is 12.3. The summed E-state index contributed by atoms with van der Waals surface area (Å²) in [5.74, 6) is -0.920. The average Bonchev–Trinajstić information content (AvgIpc) is 2.85. The van der Waals surface area contributed by atoms with Crippen LogP contribution in [0.5, 0.6) is 0 Å². The maximum absolute atomic E-state index is 12.0. The minimum absolute atomic E-state index is 0.0820. The topological polar surface area (TPSA) is 60.4 Å². The van der Waals surface area contributed by atoms with Crippen molar-refractivity contribution in [3.05, 3.63) is 48.0 Å². The fraction of sp³-hybridized carbons (Fsp3) is 0.312. The van der Waals surface area contributed by atoms with Crippen molar-refractivity contribution in [1.82, 2.24) is 0 Å². The number of benzene rings is 2. The molecule has 1 aliphatic rings. The standard InChI is InChI=1S/C16H16O4S/c17-16(14-8-9-21(18,19)11-14)20-10-13-6-3-5-12-4-1-2-7-15(12)13/h1-7,14H,8-11H2. The number of carbonyl (C=O) groups is 1. The van der Waals surface area contributed by atoms with Crippen molar-refractivity contribution >= 4 is 26.6 Å². The molecule has 1 atom stereocenters. The maximum Gasteiger partial charge on any atom is 0.310 e. The fourth-order valence-corrected chi connectivity index (χ4v) is 4.39. The van der Waals surface area contributed by atoms with Gasteiger partial charge in [0.05, 0.1) is 17.4 Å². The summed E-state index contributed by atoms with van der Waals surface area (Å²) in [5, 5.41) is 2.14. The molecule has 0 spiro atoms. The van der Waals surface area contributed by atoms with Gasteiger partial charge in [-0.1, -0.05) is 42.5 Å². The number of sulfone groups is 1. The van der Waals surface area contributed by atoms with Gasteiger partial charge in [-0.05, 0) is 22.8 Å². The number of rotatable bonds is 3. The molecule has 0 radical (unpaired) electrons. The molecule has 21 heavy (non-hydrogen) atoms. The van der Waals surface area contributed by atoms with E-state index in [4.69, 9.17) is 4.74 Å². The van der Waals surface area contributed by atoms with Crippen molar-refractivity contribution in [2.24, 2.45) is 5.92 Å². The second-order valence-electron chi connectivity index (χ2n) is 5.35. The minimum Gasteiger partial charge on any atom is -0.461 e. The molecular weight excluding hydrogens is 288 g/mol. The Morgan fingerprint density at radius 3 is 2.67 bits per heavy atom. The van der Waals surface area contributed by atoms with Gasteiger partial charge in [-0.2, -0.15) is 0 Å². The van der Waals surface area contributed by atoms with Gasteiger partial charge in [-0.25, -0.2) is 8.42 Å². The SMILES string of the molecule is O=C(OCc1cccc2ccccc12)C1CCS(=O)(=O)C1. The highest BCUT2D eigenvalue weighted by Crippen LogP contribution is 2.22. The third kappa shape index (κ3) is 3.08. The van der Waals surface area contributed by atoms with Gasteiger partial charge in [-0.3, -0.25) is 4.79 Å². The quantitative estimate of drug-likeness (QED) is 0.817. The largest absolute Gasteiger partial charge is 0.461 e. The molecule has 1 saturated heterocycles. The second kappa shape index (κ2) is 5.48. The van der Waals surface area contributed by atoms with Gasteiger partial charge in [0.2, 0.25) is 0 Å². The van der Waals surface area contributed by atoms with E-state index in [-0.39, 0.29) is 18.1 Å². The van der Waals surface area contributed by atoms with Gasteiger partial charge in [0, 0.05) is 0 Å². The van der Waals surface area contributed by atoms with Crippen LogP contribution in [0.4, 0.5) is 0 Å². The highest BCUT2D eigenvalue weighted by molar-refractivity contribution is 7.91. The lowest BCUT2D eigenvalue weighted by atomic mass is 10.1. The van der Waals surface area contributed by atoms with Crippen molar-refractivity contribution in [1.29, 1.82) is 0 Å². The molecule has 2 aromatic rings. The van der Waals surface area contributed by atoms with E-state index in [2.05, 4.69) is 0 Å². The molecule has 2 aromatic carbocycles. The summed E-state index contributed by atoms with van der Waals surface area (Å²) < 4.78 is 28.1. The third-order valence-electron chi connectivity index (χ3n) is 3.82. The van der Waals surface area contributed by atoms with Crippen LogP contribution in [0.25, 0.3) is 10.8 Å². The molecule has 1 heterocycles. The van der Waals surface area contributed by atoms with Gasteiger partial charge in [0.1, 0.15) is 6.61 Å². The zero-order valence-electron chi connectivity index (χ0n) is 11.5. The molecular formula is C16H16O4S. The Morgan fingerprint density at radius 1 is 1.14 bits per heavy atom. The van der Waals surface area contributed by atoms with Crippen molar-refractivity contribution < 1.29 is 17.9 Å². The van der Waals surface area contributed by atoms with Crippen LogP contribution in [0.2, 0.25) is 0 Å². The number of esters is 1. The van der Waals surface area contributed by atoms with E-state index in [0.29, 0.717) is 6.42 Å². The molecule has 3 rings (SSSR count). The van der Waals surface area contributed by atoms with Gasteiger partial charge in [0.25, 0.3) is 0 Å². The number of hydrogen-bond donors (Lipinski definition) is 0. The monoisotopic (exact) mass is 304 g/mol. The number of hydrogen-bond acceptors (Lipinski definition) is 4. The summed E-state index contributed by atoms with van der Waals surface area (Å²) in [6, 6.07) is 13.7. The van der Waals surface area contributed by atoms with Crippen molar-refractivity contribution in [2.45, 2.75) is 13.0 Å². The lowest BCUT2D eigenvalue weighted by Gasteiger charge is -2.10. The maximum atomic E-state index is 12.0. The van der Waals surface area contributed by atoms with Gasteiger partial charge in [-0.15, -0.1) is 0 Å². The summed E-state index contributed by atoms with van der Waals surface area (Å²) in [5.41, 5.74) is 0.933. The van der Waals surface area contributed by atoms with Crippen LogP contribution in [0, 0.1) is 5.92 Å². The predicted octanol–water partition coefficient (Wildman–Crippen LogP) is 2.32. The first-order chi connectivity index (χ1) is 10.1. The van der Waals surface area contributed by atoms with Crippen LogP contribution >= 0.6 is 0 Å². The molecule has 0 saturated carbocycles. The molecule has 110 valence electrons. The minimum atomic E-state index is -3.06. The van der Waals surface area contributed by atoms with Crippen molar-refractivity contribution in [2.75, 3.05) is 11.5 Å². The summed E-state index contributed by atoms with van der Waals surface area (Å²) in [6.07, 6.45) is 0.372. The molecule has 0 amide bonds. The van der Waals surface area contributed by atoms with Crippen molar-refractivity contribution in [3.8, 4) is 0 Å². The van der Waals surface area contributed by atoms with Crippen LogP contribution in [-0.4, -0.2) is 25.9 Å². The molecule has 1 unspecified atom stereocenters. The molecule has 1 fully saturated rings. The lowest BCUT2D eigenvalue weighted by molar-refractivity contribution is -0.148. The summed E-state index contributed by atoms with van der Waals surface area (Å²) in [4.78, 5) is 12.0. The normalized spacial score (nSPS) is 20.5. The van der Waals surface area contributed by atoms with E-state index in [1.165, 1.54) is 0 Å². The summed E-state index contributed by atoms with van der Waals surface area (Å²) in [7, 11) is -3.06. The molecule has 0 aromatic heterocycles. The van der Waals surface area contributed by atoms with Gasteiger partial charge >= 0.3 is 5.97 Å². The first kappa shape index (κ1) is 14.1. The van der Waals surface area contributed by atoms with E-state index in [9.17, 15) is 13.2 Å². The highest BCUT2D eigenvalue weighted by atomic mass is 32.2. The Balaban J connectivity index is 1.71. The first-order valence-corrected chi connectivity index (χ1v) is 8.71. The van der Waals surface area contributed by atoms with Crippen LogP contribution in [0.15, 0.2) is 42.5 Å². The van der Waals surface area contributed by atoms with Crippen LogP contribution in [0.3, 0.4) is 0 Å². The Morgan fingerprint density at radius 2 is 1.90 bits per heavy atom. The summed E-state index contributed by atoms with van der Waals surface area (Å²) >= 11 is 0. The first-order valence-electron chi connectivity index (χ1n) is 6.89. The number of carbonyl (C=O) groups excluding carboxylic acids is 1. The molecule has 0 bridgehead atoms. The average molecular weight is 304 g/mol. The Kier molecular flexibility index (Phi) is 3.68.